The van der Waals surface area contributed by atoms with Crippen LogP contribution in [0.1, 0.15) is 6.42 Å². The van der Waals surface area contributed by atoms with Crippen LogP contribution in [-0.4, -0.2) is 12.0 Å². The first-order valence-corrected chi connectivity index (χ1v) is 3.61. The summed E-state index contributed by atoms with van der Waals surface area (Å²) in [6, 6.07) is 0. The van der Waals surface area contributed by atoms with Crippen LogP contribution in [0.4, 0.5) is 0 Å². The lowest BCUT2D eigenvalue weighted by Crippen LogP contribution is -1.70. The van der Waals surface area contributed by atoms with Crippen molar-refractivity contribution >= 4 is 14.0 Å². The first-order valence-electron chi connectivity index (χ1n) is 2.47. The van der Waals surface area contributed by atoms with E-state index >= 15 is 0 Å². The van der Waals surface area contributed by atoms with Crippen LogP contribution in [0.15, 0.2) is 0 Å². The molecule has 1 aliphatic carbocycles. The van der Waals surface area contributed by atoms with Gasteiger partial charge >= 0.3 is 0 Å². The molecule has 0 nitrogen and oxygen atoms in total. The maximum Gasteiger partial charge on any atom is -0.00749 e. The molecule has 32 valence electrons. The molecular weight excluding hydrogens is 91.0 g/mol. The predicted molar refractivity (Wildman–Crippen MR) is 29.4 cm³/mol. The molecule has 0 aromatic carbocycles. The molecule has 0 bridgehead atoms. The van der Waals surface area contributed by atoms with E-state index in [9.17, 15) is 0 Å². The van der Waals surface area contributed by atoms with Crippen molar-refractivity contribution in [3.63, 3.8) is 0 Å². The van der Waals surface area contributed by atoms with E-state index in [1.54, 1.807) is 8.20 Å². The molecule has 1 fully saturated rings. The van der Waals surface area contributed by atoms with Gasteiger partial charge < -0.3 is 0 Å². The van der Waals surface area contributed by atoms with Crippen molar-refractivity contribution in [3.8, 4) is 0 Å². The lowest BCUT2D eigenvalue weighted by molar-refractivity contribution is 0.968. The minimum absolute atomic E-state index is 1.08. The summed E-state index contributed by atoms with van der Waals surface area (Å²) in [4.78, 5) is 0. The molecule has 0 spiro atoms. The second-order valence-corrected chi connectivity index (χ2v) is 3.20. The summed E-state index contributed by atoms with van der Waals surface area (Å²) < 4.78 is 0. The van der Waals surface area contributed by atoms with Crippen molar-refractivity contribution in [2.24, 2.45) is 11.8 Å². The van der Waals surface area contributed by atoms with Crippen molar-refractivity contribution in [2.75, 3.05) is 6.16 Å². The molecule has 1 heteroatoms. The monoisotopic (exact) mass is 98.0 g/mol. The molecule has 0 aromatic rings. The summed E-state index contributed by atoms with van der Waals surface area (Å²) >= 11 is 0. The average Bonchev–Trinajstić information content (AvgIpc) is 2.17. The zero-order chi connectivity index (χ0) is 3.98. The summed E-state index contributed by atoms with van der Waals surface area (Å²) in [5.74, 6) is 4.67. The number of hydrogen-bond acceptors (Lipinski definition) is 0. The van der Waals surface area contributed by atoms with E-state index in [2.05, 4.69) is 5.80 Å². The van der Waals surface area contributed by atoms with Crippen LogP contribution in [0, 0.1) is 11.8 Å². The average molecular weight is 98.1 g/mol. The first-order chi connectivity index (χ1) is 2.97. The van der Waals surface area contributed by atoms with E-state index in [-0.39, 0.29) is 0 Å². The molecule has 1 heterocycles. The maximum atomic E-state index is 2.45. The molecule has 1 aliphatic heterocycles. The van der Waals surface area contributed by atoms with Gasteiger partial charge in [0.15, 0.2) is 0 Å². The van der Waals surface area contributed by atoms with Gasteiger partial charge in [-0.25, -0.2) is 0 Å². The van der Waals surface area contributed by atoms with Crippen LogP contribution in [0.25, 0.3) is 0 Å². The Morgan fingerprint density at radius 3 is 2.83 bits per heavy atom. The van der Waals surface area contributed by atoms with Gasteiger partial charge in [0.2, 0.25) is 0 Å². The Bertz CT molecular complexity index is 96.1. The van der Waals surface area contributed by atoms with Gasteiger partial charge in [0.05, 0.1) is 0 Å². The van der Waals surface area contributed by atoms with Crippen LogP contribution < -0.4 is 0 Å². The summed E-state index contributed by atoms with van der Waals surface area (Å²) in [6.07, 6.45) is 3.00. The quantitative estimate of drug-likeness (QED) is 0.401. The first kappa shape index (κ1) is 3.21. The fourth-order valence-electron chi connectivity index (χ4n) is 0.995. The van der Waals surface area contributed by atoms with Crippen LogP contribution in [0.2, 0.25) is 0 Å². The van der Waals surface area contributed by atoms with Crippen LogP contribution in [0.3, 0.4) is 0 Å². The Balaban J connectivity index is 2.26. The van der Waals surface area contributed by atoms with Crippen molar-refractivity contribution in [2.45, 2.75) is 6.42 Å². The van der Waals surface area contributed by atoms with Crippen LogP contribution in [-0.2, 0) is 0 Å². The highest BCUT2D eigenvalue weighted by Gasteiger charge is 2.37. The van der Waals surface area contributed by atoms with Gasteiger partial charge in [0.1, 0.15) is 0 Å². The van der Waals surface area contributed by atoms with Crippen molar-refractivity contribution in [3.05, 3.63) is 0 Å². The van der Waals surface area contributed by atoms with Gasteiger partial charge in [0.25, 0.3) is 0 Å². The summed E-state index contributed by atoms with van der Waals surface area (Å²) in [7, 11) is 1.61. The standard InChI is InChI=1S/C5H7P/c1-4-2-6-3-5(1)4/h2,4-5H,1,3H2. The van der Waals surface area contributed by atoms with E-state index in [0.717, 1.165) is 11.8 Å². The van der Waals surface area contributed by atoms with Crippen molar-refractivity contribution in [1.29, 1.82) is 0 Å². The fraction of sp³-hybridized carbons (Fsp3) is 0.800. The zero-order valence-corrected chi connectivity index (χ0v) is 4.49. The van der Waals surface area contributed by atoms with Gasteiger partial charge in [-0.3, -0.25) is 0 Å². The highest BCUT2D eigenvalue weighted by molar-refractivity contribution is 7.39. The molecule has 0 N–H and O–H groups in total. The second-order valence-electron chi connectivity index (χ2n) is 2.17. The molecule has 1 saturated carbocycles. The van der Waals surface area contributed by atoms with Crippen LogP contribution >= 0.6 is 8.20 Å². The highest BCUT2D eigenvalue weighted by atomic mass is 31.1. The van der Waals surface area contributed by atoms with E-state index < -0.39 is 0 Å². The van der Waals surface area contributed by atoms with E-state index in [0.29, 0.717) is 0 Å². The Morgan fingerprint density at radius 1 is 1.67 bits per heavy atom. The number of hydrogen-bond donors (Lipinski definition) is 0. The number of fused-ring (bicyclic) bond motifs is 1. The minimum Gasteiger partial charge on any atom is -0.108 e. The van der Waals surface area contributed by atoms with E-state index in [4.69, 9.17) is 0 Å². The fourth-order valence-corrected chi connectivity index (χ4v) is 2.44. The summed E-state index contributed by atoms with van der Waals surface area (Å²) in [6.45, 7) is 0. The molecule has 0 amide bonds. The molecule has 0 saturated heterocycles. The molecule has 6 heavy (non-hydrogen) atoms. The SMILES string of the molecule is C1=PCC2CC12. The third kappa shape index (κ3) is 0.283. The lowest BCUT2D eigenvalue weighted by Gasteiger charge is -1.71. The third-order valence-corrected chi connectivity index (χ3v) is 2.89. The molecule has 2 aliphatic rings. The topological polar surface area (TPSA) is 0 Å². The van der Waals surface area contributed by atoms with Gasteiger partial charge in [-0.05, 0) is 24.4 Å². The molecule has 2 unspecified atom stereocenters. The molecule has 2 atom stereocenters. The molecule has 0 aromatic heterocycles. The molecule has 2 rings (SSSR count). The van der Waals surface area contributed by atoms with Crippen molar-refractivity contribution in [1.82, 2.24) is 0 Å². The third-order valence-electron chi connectivity index (χ3n) is 1.61. The minimum atomic E-state index is 1.08. The molecular formula is C5H7P. The Morgan fingerprint density at radius 2 is 2.67 bits per heavy atom. The van der Waals surface area contributed by atoms with Gasteiger partial charge in [-0.2, -0.15) is 0 Å². The highest BCUT2D eigenvalue weighted by Crippen LogP contribution is 2.44. The zero-order valence-electron chi connectivity index (χ0n) is 3.59. The van der Waals surface area contributed by atoms with E-state index in [1.165, 1.54) is 12.6 Å². The predicted octanol–water partition coefficient (Wildman–Crippen LogP) is 1.38. The van der Waals surface area contributed by atoms with Crippen molar-refractivity contribution < 1.29 is 0 Å². The Hall–Kier alpha value is 0.170. The van der Waals surface area contributed by atoms with Crippen LogP contribution in [0.5, 0.6) is 0 Å². The Labute approximate surface area is 39.4 Å². The second kappa shape index (κ2) is 0.869. The maximum absolute atomic E-state index is 2.45. The number of rotatable bonds is 0. The van der Waals surface area contributed by atoms with Gasteiger partial charge in [0, 0.05) is 0 Å². The van der Waals surface area contributed by atoms with Gasteiger partial charge in [-0.15, -0.1) is 8.20 Å². The van der Waals surface area contributed by atoms with Gasteiger partial charge in [-0.1, -0.05) is 5.80 Å². The summed E-state index contributed by atoms with van der Waals surface area (Å²) in [5, 5.41) is 0. The lowest BCUT2D eigenvalue weighted by atomic mass is 10.4. The Kier molecular flexibility index (Phi) is 0.465. The smallest absolute Gasteiger partial charge is 0.00749 e. The summed E-state index contributed by atoms with van der Waals surface area (Å²) in [5.41, 5.74) is 0. The largest absolute Gasteiger partial charge is 0.108 e. The van der Waals surface area contributed by atoms with E-state index in [1.807, 2.05) is 0 Å². The molecule has 0 radical (unpaired) electrons. The normalized spacial score (nSPS) is 52.0.